The molecule has 1 aromatic heterocycles. The summed E-state index contributed by atoms with van der Waals surface area (Å²) in [6.45, 7) is 3.63. The molecule has 0 aliphatic carbocycles. The summed E-state index contributed by atoms with van der Waals surface area (Å²) in [4.78, 5) is 17.1. The van der Waals surface area contributed by atoms with Gasteiger partial charge in [-0.1, -0.05) is 0 Å². The van der Waals surface area contributed by atoms with Crippen LogP contribution in [0, 0.1) is 6.92 Å². The highest BCUT2D eigenvalue weighted by atomic mass is 16.4. The first-order valence-corrected chi connectivity index (χ1v) is 5.82. The Kier molecular flexibility index (Phi) is 3.46. The predicted molar refractivity (Wildman–Crippen MR) is 65.4 cm³/mol. The monoisotopic (exact) mass is 235 g/mol. The largest absolute Gasteiger partial charge is 0.465 e. The number of nitrogens with zero attached hydrogens (tertiary/aromatic N) is 2. The van der Waals surface area contributed by atoms with E-state index < -0.39 is 6.09 Å². The second kappa shape index (κ2) is 5.03. The summed E-state index contributed by atoms with van der Waals surface area (Å²) in [6, 6.07) is 4.03. The molecule has 2 N–H and O–H groups in total. The number of aryl methyl sites for hydroxylation is 1. The van der Waals surface area contributed by atoms with Crippen molar-refractivity contribution in [2.24, 2.45) is 0 Å². The average molecular weight is 235 g/mol. The zero-order valence-electron chi connectivity index (χ0n) is 9.89. The maximum atomic E-state index is 10.6. The third kappa shape index (κ3) is 3.09. The summed E-state index contributed by atoms with van der Waals surface area (Å²) < 4.78 is 0. The molecule has 1 aliphatic heterocycles. The Balaban J connectivity index is 2.01. The lowest BCUT2D eigenvalue weighted by molar-refractivity contribution is 0.188. The van der Waals surface area contributed by atoms with Gasteiger partial charge in [-0.3, -0.25) is 4.98 Å². The molecule has 1 saturated heterocycles. The molecular formula is C12H17N3O2. The van der Waals surface area contributed by atoms with Crippen molar-refractivity contribution in [3.63, 3.8) is 0 Å². The number of hydrogen-bond donors (Lipinski definition) is 2. The maximum Gasteiger partial charge on any atom is 0.404 e. The molecule has 5 heteroatoms. The maximum absolute atomic E-state index is 10.6. The fraction of sp³-hybridized carbons (Fsp3) is 0.500. The van der Waals surface area contributed by atoms with Crippen molar-refractivity contribution in [3.05, 3.63) is 24.0 Å². The number of hydrogen-bond acceptors (Lipinski definition) is 3. The summed E-state index contributed by atoms with van der Waals surface area (Å²) in [5.74, 6) is 0. The zero-order valence-corrected chi connectivity index (χ0v) is 9.89. The molecule has 1 amide bonds. The van der Waals surface area contributed by atoms with E-state index in [1.165, 1.54) is 0 Å². The third-order valence-electron chi connectivity index (χ3n) is 3.01. The van der Waals surface area contributed by atoms with Crippen LogP contribution in [0.25, 0.3) is 0 Å². The summed E-state index contributed by atoms with van der Waals surface area (Å²) in [5.41, 5.74) is 2.05. The van der Waals surface area contributed by atoms with Gasteiger partial charge in [-0.15, -0.1) is 0 Å². The van der Waals surface area contributed by atoms with E-state index in [1.807, 2.05) is 25.3 Å². The second-order valence-electron chi connectivity index (χ2n) is 4.39. The van der Waals surface area contributed by atoms with Gasteiger partial charge in [0, 0.05) is 24.8 Å². The van der Waals surface area contributed by atoms with Crippen LogP contribution in [-0.2, 0) is 0 Å². The first-order chi connectivity index (χ1) is 8.15. The molecule has 0 spiro atoms. The number of piperidine rings is 1. The highest BCUT2D eigenvalue weighted by Crippen LogP contribution is 2.19. The van der Waals surface area contributed by atoms with Gasteiger partial charge in [0.05, 0.1) is 11.9 Å². The van der Waals surface area contributed by atoms with Crippen molar-refractivity contribution in [1.82, 2.24) is 10.3 Å². The topological polar surface area (TPSA) is 65.5 Å². The van der Waals surface area contributed by atoms with Crippen LogP contribution in [0.4, 0.5) is 10.5 Å². The number of nitrogens with one attached hydrogen (secondary N) is 1. The van der Waals surface area contributed by atoms with Crippen LogP contribution in [0.5, 0.6) is 0 Å². The van der Waals surface area contributed by atoms with Gasteiger partial charge in [0.1, 0.15) is 0 Å². The van der Waals surface area contributed by atoms with Crippen molar-refractivity contribution in [3.8, 4) is 0 Å². The number of pyridine rings is 1. The average Bonchev–Trinajstić information content (AvgIpc) is 2.29. The van der Waals surface area contributed by atoms with Crippen LogP contribution >= 0.6 is 0 Å². The lowest BCUT2D eigenvalue weighted by Crippen LogP contribution is -2.47. The molecule has 1 fully saturated rings. The molecule has 2 rings (SSSR count). The lowest BCUT2D eigenvalue weighted by atomic mass is 10.1. The van der Waals surface area contributed by atoms with Gasteiger partial charge in [0.25, 0.3) is 0 Å². The van der Waals surface area contributed by atoms with Crippen LogP contribution in [0.3, 0.4) is 0 Å². The Hall–Kier alpha value is -1.78. The summed E-state index contributed by atoms with van der Waals surface area (Å²) in [7, 11) is 0. The fourth-order valence-electron chi connectivity index (χ4n) is 2.15. The lowest BCUT2D eigenvalue weighted by Gasteiger charge is -2.34. The van der Waals surface area contributed by atoms with E-state index in [9.17, 15) is 4.79 Å². The van der Waals surface area contributed by atoms with Gasteiger partial charge < -0.3 is 15.3 Å². The Morgan fingerprint density at radius 1 is 1.59 bits per heavy atom. The van der Waals surface area contributed by atoms with Crippen molar-refractivity contribution in [2.75, 3.05) is 18.0 Å². The molecule has 2 heterocycles. The van der Waals surface area contributed by atoms with Gasteiger partial charge in [0.15, 0.2) is 0 Å². The predicted octanol–water partition coefficient (Wildman–Crippen LogP) is 1.63. The van der Waals surface area contributed by atoms with E-state index in [0.717, 1.165) is 37.3 Å². The number of rotatable bonds is 2. The number of carboxylic acid groups (broad SMARTS) is 1. The standard InChI is InChI=1S/C12H17N3O2/c1-9-4-5-11(7-13-9)15-6-2-3-10(8-15)14-12(16)17/h4-5,7,10,14H,2-3,6,8H2,1H3,(H,16,17). The number of amides is 1. The SMILES string of the molecule is Cc1ccc(N2CCCC(NC(=O)O)C2)cn1. The fourth-order valence-corrected chi connectivity index (χ4v) is 2.15. The summed E-state index contributed by atoms with van der Waals surface area (Å²) in [6.07, 6.45) is 2.80. The molecule has 0 saturated carbocycles. The van der Waals surface area contributed by atoms with Gasteiger partial charge in [-0.25, -0.2) is 4.79 Å². The Morgan fingerprint density at radius 3 is 3.06 bits per heavy atom. The smallest absolute Gasteiger partial charge is 0.404 e. The first-order valence-electron chi connectivity index (χ1n) is 5.82. The summed E-state index contributed by atoms with van der Waals surface area (Å²) in [5, 5.41) is 11.3. The summed E-state index contributed by atoms with van der Waals surface area (Å²) >= 11 is 0. The molecule has 0 radical (unpaired) electrons. The molecular weight excluding hydrogens is 218 g/mol. The van der Waals surface area contributed by atoms with E-state index >= 15 is 0 Å². The molecule has 1 unspecified atom stereocenters. The van der Waals surface area contributed by atoms with E-state index in [-0.39, 0.29) is 6.04 Å². The van der Waals surface area contributed by atoms with Crippen LogP contribution in [-0.4, -0.2) is 35.3 Å². The van der Waals surface area contributed by atoms with Crippen molar-refractivity contribution in [2.45, 2.75) is 25.8 Å². The Bertz CT molecular complexity index is 391. The molecule has 1 aromatic rings. The molecule has 5 nitrogen and oxygen atoms in total. The van der Waals surface area contributed by atoms with Crippen molar-refractivity contribution >= 4 is 11.8 Å². The minimum atomic E-state index is -0.945. The number of carbonyl (C=O) groups is 1. The van der Waals surface area contributed by atoms with Crippen LogP contribution in [0.2, 0.25) is 0 Å². The Morgan fingerprint density at radius 2 is 2.41 bits per heavy atom. The third-order valence-corrected chi connectivity index (χ3v) is 3.01. The molecule has 0 bridgehead atoms. The first kappa shape index (κ1) is 11.7. The number of aromatic nitrogens is 1. The Labute approximate surface area is 100 Å². The van der Waals surface area contributed by atoms with E-state index in [4.69, 9.17) is 5.11 Å². The molecule has 1 atom stereocenters. The number of anilines is 1. The zero-order chi connectivity index (χ0) is 12.3. The normalized spacial score (nSPS) is 20.1. The van der Waals surface area contributed by atoms with Crippen LogP contribution in [0.15, 0.2) is 18.3 Å². The highest BCUT2D eigenvalue weighted by molar-refractivity contribution is 5.65. The molecule has 1 aliphatic rings. The molecule has 92 valence electrons. The van der Waals surface area contributed by atoms with Crippen LogP contribution in [0.1, 0.15) is 18.5 Å². The van der Waals surface area contributed by atoms with Crippen molar-refractivity contribution < 1.29 is 9.90 Å². The van der Waals surface area contributed by atoms with E-state index in [0.29, 0.717) is 0 Å². The quantitative estimate of drug-likeness (QED) is 0.817. The molecule has 0 aromatic carbocycles. The van der Waals surface area contributed by atoms with E-state index in [2.05, 4.69) is 15.2 Å². The van der Waals surface area contributed by atoms with Gasteiger partial charge in [-0.05, 0) is 31.9 Å². The van der Waals surface area contributed by atoms with Crippen molar-refractivity contribution in [1.29, 1.82) is 0 Å². The van der Waals surface area contributed by atoms with E-state index in [1.54, 1.807) is 0 Å². The highest BCUT2D eigenvalue weighted by Gasteiger charge is 2.21. The molecule has 17 heavy (non-hydrogen) atoms. The minimum absolute atomic E-state index is 0.0163. The second-order valence-corrected chi connectivity index (χ2v) is 4.39. The minimum Gasteiger partial charge on any atom is -0.465 e. The van der Waals surface area contributed by atoms with Gasteiger partial charge >= 0.3 is 6.09 Å². The van der Waals surface area contributed by atoms with Crippen LogP contribution < -0.4 is 10.2 Å². The van der Waals surface area contributed by atoms with Gasteiger partial charge in [-0.2, -0.15) is 0 Å². The van der Waals surface area contributed by atoms with Gasteiger partial charge in [0.2, 0.25) is 0 Å².